The number of carbonyl (C=O) groups is 1. The van der Waals surface area contributed by atoms with Gasteiger partial charge in [0.2, 0.25) is 0 Å². The number of piperidine rings is 1. The molecule has 1 N–H and O–H groups in total. The molecule has 5 rings (SSSR count). The van der Waals surface area contributed by atoms with Gasteiger partial charge in [0.15, 0.2) is 17.1 Å². The fraction of sp³-hybridized carbons (Fsp3) is 0.429. The maximum atomic E-state index is 11.8. The Morgan fingerprint density at radius 2 is 2.03 bits per heavy atom. The van der Waals surface area contributed by atoms with Crippen LogP contribution in [0.25, 0.3) is 17.2 Å². The predicted molar refractivity (Wildman–Crippen MR) is 139 cm³/mol. The number of hydrogen-bond donors (Lipinski definition) is 1. The molecule has 0 amide bonds. The molecule has 2 aliphatic rings. The summed E-state index contributed by atoms with van der Waals surface area (Å²) < 4.78 is 22.8. The van der Waals surface area contributed by atoms with Gasteiger partial charge in [0.1, 0.15) is 11.1 Å². The lowest BCUT2D eigenvalue weighted by Gasteiger charge is -2.33. The van der Waals surface area contributed by atoms with E-state index < -0.39 is 5.97 Å². The van der Waals surface area contributed by atoms with Gasteiger partial charge in [-0.05, 0) is 75.6 Å². The van der Waals surface area contributed by atoms with E-state index in [-0.39, 0.29) is 11.6 Å². The Hall–Kier alpha value is -3.52. The Kier molecular flexibility index (Phi) is 6.62. The Bertz CT molecular complexity index is 1290. The van der Waals surface area contributed by atoms with Crippen LogP contribution in [0.3, 0.4) is 0 Å². The van der Waals surface area contributed by atoms with Gasteiger partial charge in [0.25, 0.3) is 6.01 Å². The number of esters is 1. The van der Waals surface area contributed by atoms with Crippen molar-refractivity contribution in [2.45, 2.75) is 51.8 Å². The number of nitrogens with one attached hydrogen (secondary N) is 1. The van der Waals surface area contributed by atoms with Crippen molar-refractivity contribution in [1.82, 2.24) is 9.88 Å². The number of methoxy groups -OCH3 is 1. The number of hydrogen-bond acceptors (Lipinski definition) is 8. The summed E-state index contributed by atoms with van der Waals surface area (Å²) >= 11 is 0. The first-order valence-corrected chi connectivity index (χ1v) is 12.5. The van der Waals surface area contributed by atoms with Gasteiger partial charge < -0.3 is 23.9 Å². The number of rotatable bonds is 7. The van der Waals surface area contributed by atoms with Crippen molar-refractivity contribution in [3.05, 3.63) is 53.1 Å². The summed E-state index contributed by atoms with van der Waals surface area (Å²) in [7, 11) is 1.36. The normalized spacial score (nSPS) is 17.4. The molecule has 1 fully saturated rings. The number of aromatic nitrogens is 1. The Morgan fingerprint density at radius 1 is 1.22 bits per heavy atom. The second-order valence-corrected chi connectivity index (χ2v) is 9.87. The highest BCUT2D eigenvalue weighted by Crippen LogP contribution is 2.40. The summed E-state index contributed by atoms with van der Waals surface area (Å²) in [5.41, 5.74) is 3.67. The molecule has 8 heteroatoms. The van der Waals surface area contributed by atoms with E-state index in [0.29, 0.717) is 29.3 Å². The molecule has 0 spiro atoms. The van der Waals surface area contributed by atoms with Crippen LogP contribution in [0.4, 0.5) is 6.01 Å². The Labute approximate surface area is 211 Å². The van der Waals surface area contributed by atoms with Gasteiger partial charge in [-0.3, -0.25) is 4.90 Å². The van der Waals surface area contributed by atoms with Crippen LogP contribution in [0, 0.1) is 0 Å². The van der Waals surface area contributed by atoms with Crippen molar-refractivity contribution in [3.63, 3.8) is 0 Å². The standard InChI is InChI=1S/C28H33N3O5/c1-5-34-24-15-18(14-19-8-11-28(2,3)36-25(19)24)17-31-12-9-21(10-13-31)29-27-30-22-7-6-20(26(32)33-4)16-23(22)35-27/h6-8,11,14-16,21H,5,9-10,12-13,17H2,1-4H3,(H,29,30). The first-order chi connectivity index (χ1) is 17.3. The molecule has 0 atom stereocenters. The maximum absolute atomic E-state index is 11.8. The number of ether oxygens (including phenoxy) is 3. The Morgan fingerprint density at radius 3 is 2.78 bits per heavy atom. The van der Waals surface area contributed by atoms with Crippen molar-refractivity contribution in [2.75, 3.05) is 32.1 Å². The molecule has 190 valence electrons. The summed E-state index contributed by atoms with van der Waals surface area (Å²) in [5.74, 6) is 1.24. The number of fused-ring (bicyclic) bond motifs is 2. The summed E-state index contributed by atoms with van der Waals surface area (Å²) in [6, 6.07) is 10.2. The molecule has 36 heavy (non-hydrogen) atoms. The van der Waals surface area contributed by atoms with Crippen LogP contribution in [0.15, 0.2) is 40.8 Å². The number of oxazole rings is 1. The van der Waals surface area contributed by atoms with Crippen LogP contribution < -0.4 is 14.8 Å². The topological polar surface area (TPSA) is 86.1 Å². The first kappa shape index (κ1) is 24.2. The molecule has 1 aromatic heterocycles. The average Bonchev–Trinajstić information content (AvgIpc) is 3.26. The van der Waals surface area contributed by atoms with Gasteiger partial charge in [0, 0.05) is 31.2 Å². The number of anilines is 1. The zero-order chi connectivity index (χ0) is 25.3. The average molecular weight is 492 g/mol. The van der Waals surface area contributed by atoms with E-state index in [1.807, 2.05) is 6.92 Å². The molecule has 2 aromatic carbocycles. The highest BCUT2D eigenvalue weighted by atomic mass is 16.5. The van der Waals surface area contributed by atoms with Crippen molar-refractivity contribution < 1.29 is 23.4 Å². The molecule has 1 saturated heterocycles. The highest BCUT2D eigenvalue weighted by molar-refractivity contribution is 5.93. The quantitative estimate of drug-likeness (QED) is 0.447. The van der Waals surface area contributed by atoms with Crippen LogP contribution in [0.2, 0.25) is 0 Å². The van der Waals surface area contributed by atoms with E-state index in [1.165, 1.54) is 12.7 Å². The fourth-order valence-electron chi connectivity index (χ4n) is 4.76. The van der Waals surface area contributed by atoms with Gasteiger partial charge in [-0.2, -0.15) is 4.98 Å². The van der Waals surface area contributed by atoms with E-state index in [1.54, 1.807) is 18.2 Å². The second kappa shape index (κ2) is 9.85. The van der Waals surface area contributed by atoms with Crippen molar-refractivity contribution in [2.24, 2.45) is 0 Å². The highest BCUT2D eigenvalue weighted by Gasteiger charge is 2.26. The monoisotopic (exact) mass is 491 g/mol. The minimum absolute atomic E-state index is 0.274. The lowest BCUT2D eigenvalue weighted by molar-refractivity contribution is 0.0600. The minimum Gasteiger partial charge on any atom is -0.490 e. The number of likely N-dealkylation sites (tertiary alicyclic amines) is 1. The van der Waals surface area contributed by atoms with Gasteiger partial charge in [-0.15, -0.1) is 0 Å². The molecule has 8 nitrogen and oxygen atoms in total. The summed E-state index contributed by atoms with van der Waals surface area (Å²) in [6.07, 6.45) is 6.18. The van der Waals surface area contributed by atoms with E-state index >= 15 is 0 Å². The lowest BCUT2D eigenvalue weighted by atomic mass is 9.99. The Balaban J connectivity index is 1.21. The summed E-state index contributed by atoms with van der Waals surface area (Å²) in [6.45, 7) is 9.48. The smallest absolute Gasteiger partial charge is 0.337 e. The largest absolute Gasteiger partial charge is 0.490 e. The molecule has 0 bridgehead atoms. The zero-order valence-electron chi connectivity index (χ0n) is 21.3. The lowest BCUT2D eigenvalue weighted by Crippen LogP contribution is -2.38. The molecular formula is C28H33N3O5. The number of benzene rings is 2. The summed E-state index contributed by atoms with van der Waals surface area (Å²) in [5, 5.41) is 3.43. The number of carbonyl (C=O) groups excluding carboxylic acids is 1. The van der Waals surface area contributed by atoms with Crippen molar-refractivity contribution >= 4 is 29.2 Å². The van der Waals surface area contributed by atoms with Crippen LogP contribution >= 0.6 is 0 Å². The van der Waals surface area contributed by atoms with Crippen molar-refractivity contribution in [3.8, 4) is 11.5 Å². The van der Waals surface area contributed by atoms with Crippen LogP contribution in [0.5, 0.6) is 11.5 Å². The molecule has 3 aromatic rings. The molecule has 0 aliphatic carbocycles. The predicted octanol–water partition coefficient (Wildman–Crippen LogP) is 5.27. The fourth-order valence-corrected chi connectivity index (χ4v) is 4.76. The summed E-state index contributed by atoms with van der Waals surface area (Å²) in [4.78, 5) is 18.8. The van der Waals surface area contributed by atoms with E-state index in [2.05, 4.69) is 53.3 Å². The van der Waals surface area contributed by atoms with Gasteiger partial charge in [-0.1, -0.05) is 6.08 Å². The van der Waals surface area contributed by atoms with Crippen LogP contribution in [0.1, 0.15) is 55.1 Å². The molecular weight excluding hydrogens is 458 g/mol. The van der Waals surface area contributed by atoms with E-state index in [0.717, 1.165) is 49.5 Å². The van der Waals surface area contributed by atoms with Crippen molar-refractivity contribution in [1.29, 1.82) is 0 Å². The third kappa shape index (κ3) is 5.18. The molecule has 2 aliphatic heterocycles. The third-order valence-electron chi connectivity index (χ3n) is 6.60. The molecule has 0 radical (unpaired) electrons. The second-order valence-electron chi connectivity index (χ2n) is 9.87. The van der Waals surface area contributed by atoms with Gasteiger partial charge in [-0.25, -0.2) is 4.79 Å². The van der Waals surface area contributed by atoms with Gasteiger partial charge in [0.05, 0.1) is 19.3 Å². The molecule has 0 unspecified atom stereocenters. The number of nitrogens with zero attached hydrogens (tertiary/aromatic N) is 2. The van der Waals surface area contributed by atoms with Crippen LogP contribution in [-0.2, 0) is 11.3 Å². The minimum atomic E-state index is -0.394. The maximum Gasteiger partial charge on any atom is 0.337 e. The molecule has 0 saturated carbocycles. The zero-order valence-corrected chi connectivity index (χ0v) is 21.3. The van der Waals surface area contributed by atoms with E-state index in [9.17, 15) is 4.79 Å². The SMILES string of the molecule is CCOc1cc(CN2CCC(Nc3nc4ccc(C(=O)OC)cc4o3)CC2)cc2c1OC(C)(C)C=C2. The van der Waals surface area contributed by atoms with Gasteiger partial charge >= 0.3 is 5.97 Å². The molecule has 3 heterocycles. The third-order valence-corrected chi connectivity index (χ3v) is 6.60. The first-order valence-electron chi connectivity index (χ1n) is 12.5. The van der Waals surface area contributed by atoms with E-state index in [4.69, 9.17) is 18.6 Å². The van der Waals surface area contributed by atoms with Crippen LogP contribution in [-0.4, -0.2) is 54.3 Å².